The van der Waals surface area contributed by atoms with E-state index in [4.69, 9.17) is 0 Å². The van der Waals surface area contributed by atoms with Crippen LogP contribution < -0.4 is 5.32 Å². The summed E-state index contributed by atoms with van der Waals surface area (Å²) in [6, 6.07) is 6.73. The molecule has 12 heavy (non-hydrogen) atoms. The molecule has 0 saturated heterocycles. The number of fused-ring (bicyclic) bond motifs is 1. The van der Waals surface area contributed by atoms with Crippen molar-refractivity contribution in [2.45, 2.75) is 18.9 Å². The molecule has 1 atom stereocenters. The van der Waals surface area contributed by atoms with Crippen molar-refractivity contribution in [3.05, 3.63) is 29.8 Å². The maximum Gasteiger partial charge on any atom is 0.258 e. The van der Waals surface area contributed by atoms with Crippen LogP contribution in [0.5, 0.6) is 0 Å². The van der Waals surface area contributed by atoms with Gasteiger partial charge in [0.05, 0.1) is 6.04 Å². The molecule has 0 aliphatic carbocycles. The third kappa shape index (κ3) is 1.15. The first-order valence-corrected chi connectivity index (χ1v) is 3.90. The molecule has 0 bridgehead atoms. The van der Waals surface area contributed by atoms with Gasteiger partial charge >= 0.3 is 0 Å². The molecule has 0 aromatic heterocycles. The van der Waals surface area contributed by atoms with E-state index in [9.17, 15) is 8.78 Å². The lowest BCUT2D eigenvalue weighted by Gasteiger charge is -2.08. The summed E-state index contributed by atoms with van der Waals surface area (Å²) < 4.78 is 24.5. The fourth-order valence-corrected chi connectivity index (χ4v) is 1.48. The maximum atomic E-state index is 12.2. The van der Waals surface area contributed by atoms with Crippen LogP contribution in [0.3, 0.4) is 0 Å². The minimum absolute atomic E-state index is 0.438. The summed E-state index contributed by atoms with van der Waals surface area (Å²) in [6.07, 6.45) is -1.84. The van der Waals surface area contributed by atoms with E-state index >= 15 is 0 Å². The third-order valence-corrected chi connectivity index (χ3v) is 2.10. The van der Waals surface area contributed by atoms with Gasteiger partial charge in [0.25, 0.3) is 6.43 Å². The SMILES string of the molecule is FC(F)C1Cc2ccccc2N1. The summed E-state index contributed by atoms with van der Waals surface area (Å²) in [5.41, 5.74) is 1.84. The quantitative estimate of drug-likeness (QED) is 0.680. The topological polar surface area (TPSA) is 12.0 Å². The van der Waals surface area contributed by atoms with Gasteiger partial charge in [0.15, 0.2) is 0 Å². The zero-order chi connectivity index (χ0) is 8.55. The van der Waals surface area contributed by atoms with E-state index in [0.29, 0.717) is 6.42 Å². The number of hydrogen-bond donors (Lipinski definition) is 1. The van der Waals surface area contributed by atoms with Gasteiger partial charge in [-0.3, -0.25) is 0 Å². The number of hydrogen-bond acceptors (Lipinski definition) is 1. The summed E-state index contributed by atoms with van der Waals surface area (Å²) >= 11 is 0. The molecule has 0 amide bonds. The summed E-state index contributed by atoms with van der Waals surface area (Å²) in [7, 11) is 0. The molecule has 1 nitrogen and oxygen atoms in total. The Morgan fingerprint density at radius 1 is 1.33 bits per heavy atom. The second-order valence-electron chi connectivity index (χ2n) is 2.95. The zero-order valence-electron chi connectivity index (χ0n) is 6.43. The Morgan fingerprint density at radius 3 is 2.75 bits per heavy atom. The molecule has 0 fully saturated rings. The summed E-state index contributed by atoms with van der Waals surface area (Å²) in [5, 5.41) is 2.78. The van der Waals surface area contributed by atoms with Crippen LogP contribution in [0.2, 0.25) is 0 Å². The normalized spacial score (nSPS) is 20.8. The average molecular weight is 169 g/mol. The number of alkyl halides is 2. The van der Waals surface area contributed by atoms with E-state index in [1.807, 2.05) is 24.3 Å². The molecule has 0 radical (unpaired) electrons. The smallest absolute Gasteiger partial charge is 0.258 e. The second kappa shape index (κ2) is 2.73. The molecule has 1 aromatic carbocycles. The van der Waals surface area contributed by atoms with E-state index in [1.54, 1.807) is 0 Å². The van der Waals surface area contributed by atoms with Crippen molar-refractivity contribution < 1.29 is 8.78 Å². The lowest BCUT2D eigenvalue weighted by atomic mass is 10.1. The first-order valence-electron chi connectivity index (χ1n) is 3.90. The fourth-order valence-electron chi connectivity index (χ4n) is 1.48. The van der Waals surface area contributed by atoms with Crippen molar-refractivity contribution in [3.8, 4) is 0 Å². The highest BCUT2D eigenvalue weighted by atomic mass is 19.3. The Hall–Kier alpha value is -1.12. The number of benzene rings is 1. The lowest BCUT2D eigenvalue weighted by Crippen LogP contribution is -2.24. The van der Waals surface area contributed by atoms with Crippen molar-refractivity contribution in [2.24, 2.45) is 0 Å². The van der Waals surface area contributed by atoms with Crippen LogP contribution in [0.25, 0.3) is 0 Å². The van der Waals surface area contributed by atoms with Gasteiger partial charge in [-0.2, -0.15) is 0 Å². The highest BCUT2D eigenvalue weighted by molar-refractivity contribution is 5.56. The van der Waals surface area contributed by atoms with Gasteiger partial charge in [-0.1, -0.05) is 18.2 Å². The summed E-state index contributed by atoms with van der Waals surface area (Å²) in [4.78, 5) is 0. The number of para-hydroxylation sites is 1. The van der Waals surface area contributed by atoms with Crippen molar-refractivity contribution >= 4 is 5.69 Å². The fraction of sp³-hybridized carbons (Fsp3) is 0.333. The predicted octanol–water partition coefficient (Wildman–Crippen LogP) is 2.29. The summed E-state index contributed by atoms with van der Waals surface area (Å²) in [6.45, 7) is 0. The first-order chi connectivity index (χ1) is 5.77. The molecule has 0 spiro atoms. The van der Waals surface area contributed by atoms with E-state index in [2.05, 4.69) is 5.32 Å². The molecule has 1 aromatic rings. The van der Waals surface area contributed by atoms with Gasteiger partial charge in [-0.15, -0.1) is 0 Å². The van der Waals surface area contributed by atoms with Crippen molar-refractivity contribution in [1.82, 2.24) is 0 Å². The largest absolute Gasteiger partial charge is 0.376 e. The van der Waals surface area contributed by atoms with E-state index in [0.717, 1.165) is 11.3 Å². The van der Waals surface area contributed by atoms with Crippen LogP contribution >= 0.6 is 0 Å². The highest BCUT2D eigenvalue weighted by Gasteiger charge is 2.27. The molecule has 1 heterocycles. The van der Waals surface area contributed by atoms with Gasteiger partial charge in [0.1, 0.15) is 0 Å². The predicted molar refractivity (Wildman–Crippen MR) is 43.6 cm³/mol. The minimum Gasteiger partial charge on any atom is -0.376 e. The Labute approximate surface area is 69.4 Å². The second-order valence-corrected chi connectivity index (χ2v) is 2.95. The maximum absolute atomic E-state index is 12.2. The van der Waals surface area contributed by atoms with E-state index in [-0.39, 0.29) is 0 Å². The van der Waals surface area contributed by atoms with E-state index in [1.165, 1.54) is 0 Å². The number of rotatable bonds is 1. The van der Waals surface area contributed by atoms with Crippen molar-refractivity contribution in [2.75, 3.05) is 5.32 Å². The van der Waals surface area contributed by atoms with Crippen LogP contribution in [-0.4, -0.2) is 12.5 Å². The lowest BCUT2D eigenvalue weighted by molar-refractivity contribution is 0.126. The third-order valence-electron chi connectivity index (χ3n) is 2.10. The van der Waals surface area contributed by atoms with Crippen LogP contribution in [-0.2, 0) is 6.42 Å². The van der Waals surface area contributed by atoms with Gasteiger partial charge in [-0.25, -0.2) is 8.78 Å². The van der Waals surface area contributed by atoms with Gasteiger partial charge in [0, 0.05) is 12.1 Å². The van der Waals surface area contributed by atoms with Crippen LogP contribution in [0, 0.1) is 0 Å². The average Bonchev–Trinajstić information content (AvgIpc) is 2.46. The van der Waals surface area contributed by atoms with Crippen molar-refractivity contribution in [1.29, 1.82) is 0 Å². The zero-order valence-corrected chi connectivity index (χ0v) is 6.43. The molecule has 2 rings (SSSR count). The van der Waals surface area contributed by atoms with Gasteiger partial charge in [0.2, 0.25) is 0 Å². The Balaban J connectivity index is 2.22. The standard InChI is InChI=1S/C9H9F2N/c10-9(11)8-5-6-3-1-2-4-7(6)12-8/h1-4,8-9,12H,5H2. The first kappa shape index (κ1) is 7.53. The van der Waals surface area contributed by atoms with Gasteiger partial charge in [-0.05, 0) is 11.6 Å². The van der Waals surface area contributed by atoms with Crippen LogP contribution in [0.15, 0.2) is 24.3 Å². The Kier molecular flexibility index (Phi) is 1.71. The minimum atomic E-state index is -2.28. The molecular formula is C9H9F2N. The number of halogens is 2. The number of nitrogens with one attached hydrogen (secondary N) is 1. The molecule has 64 valence electrons. The van der Waals surface area contributed by atoms with Crippen LogP contribution in [0.1, 0.15) is 5.56 Å². The van der Waals surface area contributed by atoms with E-state index < -0.39 is 12.5 Å². The summed E-state index contributed by atoms with van der Waals surface area (Å²) in [5.74, 6) is 0. The molecule has 3 heteroatoms. The van der Waals surface area contributed by atoms with Gasteiger partial charge < -0.3 is 5.32 Å². The molecular weight excluding hydrogens is 160 g/mol. The monoisotopic (exact) mass is 169 g/mol. The molecule has 1 unspecified atom stereocenters. The molecule has 1 aliphatic heterocycles. The molecule has 1 aliphatic rings. The Bertz CT molecular complexity index is 261. The Morgan fingerprint density at radius 2 is 2.08 bits per heavy atom. The number of anilines is 1. The molecule has 0 saturated carbocycles. The van der Waals surface area contributed by atoms with Crippen LogP contribution in [0.4, 0.5) is 14.5 Å². The molecule has 1 N–H and O–H groups in total. The van der Waals surface area contributed by atoms with Crippen molar-refractivity contribution in [3.63, 3.8) is 0 Å². The highest BCUT2D eigenvalue weighted by Crippen LogP contribution is 2.27.